The molecule has 8 aromatic rings. The quantitative estimate of drug-likeness (QED) is 0.181. The maximum atomic E-state index is 2.34. The van der Waals surface area contributed by atoms with Crippen LogP contribution in [0.5, 0.6) is 0 Å². The summed E-state index contributed by atoms with van der Waals surface area (Å²) in [5, 5.41) is 10.3. The van der Waals surface area contributed by atoms with Crippen molar-refractivity contribution in [1.82, 2.24) is 0 Å². The van der Waals surface area contributed by atoms with Gasteiger partial charge in [0, 0.05) is 0 Å². The van der Waals surface area contributed by atoms with Gasteiger partial charge < -0.3 is 0 Å². The predicted octanol–water partition coefficient (Wildman–Crippen LogP) is 13.0. The number of benzene rings is 8. The lowest BCUT2D eigenvalue weighted by Gasteiger charge is -2.22. The van der Waals surface area contributed by atoms with Crippen LogP contribution in [0.3, 0.4) is 0 Å². The van der Waals surface area contributed by atoms with Crippen molar-refractivity contribution in [3.63, 3.8) is 0 Å². The van der Waals surface area contributed by atoms with Crippen LogP contribution in [0.15, 0.2) is 170 Å². The van der Waals surface area contributed by atoms with E-state index in [9.17, 15) is 0 Å². The highest BCUT2D eigenvalue weighted by molar-refractivity contribution is 6.25. The van der Waals surface area contributed by atoms with E-state index in [-0.39, 0.29) is 0 Å². The van der Waals surface area contributed by atoms with E-state index in [1.54, 1.807) is 0 Å². The van der Waals surface area contributed by atoms with E-state index < -0.39 is 0 Å². The molecule has 1 aliphatic rings. The van der Waals surface area contributed by atoms with Crippen LogP contribution in [0, 0.1) is 0 Å². The number of hydrogen-bond donors (Lipinski definition) is 0. The molecule has 8 aromatic carbocycles. The molecule has 0 aliphatic heterocycles. The molecule has 0 heteroatoms. The molecule has 0 N–H and O–H groups in total. The van der Waals surface area contributed by atoms with E-state index >= 15 is 0 Å². The average molecular weight is 585 g/mol. The molecule has 0 bridgehead atoms. The first-order valence-corrected chi connectivity index (χ1v) is 16.3. The summed E-state index contributed by atoms with van der Waals surface area (Å²) in [4.78, 5) is 0. The molecule has 46 heavy (non-hydrogen) atoms. The SMILES string of the molecule is C1=CCCC(c2cccc3c(-c4c(-c5cccc6c(-c7ccccc7)cccc56)c5ccccc5c5ccccc45)cccc23)=C1. The molecule has 0 amide bonds. The minimum absolute atomic E-state index is 1.07. The van der Waals surface area contributed by atoms with Gasteiger partial charge in [-0.3, -0.25) is 0 Å². The van der Waals surface area contributed by atoms with Gasteiger partial charge in [-0.05, 0) is 100 Å². The Kier molecular flexibility index (Phi) is 6.39. The van der Waals surface area contributed by atoms with Gasteiger partial charge in [-0.1, -0.05) is 170 Å². The molecule has 1 aliphatic carbocycles. The molecular weight excluding hydrogens is 553 g/mol. The van der Waals surface area contributed by atoms with Crippen molar-refractivity contribution < 1.29 is 0 Å². The van der Waals surface area contributed by atoms with Crippen molar-refractivity contribution in [2.75, 3.05) is 0 Å². The third-order valence-electron chi connectivity index (χ3n) is 9.76. The van der Waals surface area contributed by atoms with Crippen molar-refractivity contribution in [1.29, 1.82) is 0 Å². The predicted molar refractivity (Wildman–Crippen MR) is 199 cm³/mol. The fraction of sp³-hybridized carbons (Fsp3) is 0.0435. The van der Waals surface area contributed by atoms with Gasteiger partial charge in [-0.25, -0.2) is 0 Å². The van der Waals surface area contributed by atoms with Gasteiger partial charge >= 0.3 is 0 Å². The fourth-order valence-electron chi connectivity index (χ4n) is 7.73. The molecule has 0 aromatic heterocycles. The molecule has 0 fully saturated rings. The number of fused-ring (bicyclic) bond motifs is 5. The van der Waals surface area contributed by atoms with Crippen LogP contribution in [0.2, 0.25) is 0 Å². The monoisotopic (exact) mass is 584 g/mol. The molecule has 0 unspecified atom stereocenters. The summed E-state index contributed by atoms with van der Waals surface area (Å²) in [6.45, 7) is 0. The van der Waals surface area contributed by atoms with Crippen LogP contribution in [0.25, 0.3) is 82.0 Å². The molecule has 216 valence electrons. The molecule has 0 atom stereocenters. The number of hydrogen-bond acceptors (Lipinski definition) is 0. The Hall–Kier alpha value is -5.72. The summed E-state index contributed by atoms with van der Waals surface area (Å²) < 4.78 is 0. The van der Waals surface area contributed by atoms with Gasteiger partial charge in [0.15, 0.2) is 0 Å². The van der Waals surface area contributed by atoms with Crippen molar-refractivity contribution in [2.24, 2.45) is 0 Å². The first kappa shape index (κ1) is 26.7. The summed E-state index contributed by atoms with van der Waals surface area (Å²) in [7, 11) is 0. The minimum Gasteiger partial charge on any atom is -0.0842 e. The Labute approximate surface area is 269 Å². The average Bonchev–Trinajstić information content (AvgIpc) is 3.14. The smallest absolute Gasteiger partial charge is 0.00139 e. The Morgan fingerprint density at radius 1 is 0.326 bits per heavy atom. The molecule has 0 nitrogen and oxygen atoms in total. The highest BCUT2D eigenvalue weighted by Gasteiger charge is 2.21. The Morgan fingerprint density at radius 3 is 1.30 bits per heavy atom. The Balaban J connectivity index is 1.43. The van der Waals surface area contributed by atoms with E-state index in [0.29, 0.717) is 0 Å². The van der Waals surface area contributed by atoms with E-state index in [1.165, 1.54) is 87.6 Å². The van der Waals surface area contributed by atoms with Crippen LogP contribution in [-0.2, 0) is 0 Å². The highest BCUT2D eigenvalue weighted by atomic mass is 14.2. The van der Waals surface area contributed by atoms with Gasteiger partial charge in [0.05, 0.1) is 0 Å². The highest BCUT2D eigenvalue weighted by Crippen LogP contribution is 2.49. The third-order valence-corrected chi connectivity index (χ3v) is 9.76. The van der Waals surface area contributed by atoms with Crippen LogP contribution < -0.4 is 0 Å². The molecule has 9 rings (SSSR count). The molecule has 0 saturated carbocycles. The summed E-state index contributed by atoms with van der Waals surface area (Å²) in [6, 6.07) is 56.1. The second-order valence-electron chi connectivity index (χ2n) is 12.3. The molecule has 0 saturated heterocycles. The van der Waals surface area contributed by atoms with Crippen molar-refractivity contribution in [2.45, 2.75) is 12.8 Å². The summed E-state index contributed by atoms with van der Waals surface area (Å²) in [5.74, 6) is 0. The van der Waals surface area contributed by atoms with Crippen molar-refractivity contribution in [3.05, 3.63) is 175 Å². The Morgan fingerprint density at radius 2 is 0.761 bits per heavy atom. The second kappa shape index (κ2) is 11.0. The van der Waals surface area contributed by atoms with Gasteiger partial charge in [0.1, 0.15) is 0 Å². The Bertz CT molecular complexity index is 2510. The fourth-order valence-corrected chi connectivity index (χ4v) is 7.73. The van der Waals surface area contributed by atoms with Crippen LogP contribution in [0.4, 0.5) is 0 Å². The van der Waals surface area contributed by atoms with E-state index in [0.717, 1.165) is 12.8 Å². The van der Waals surface area contributed by atoms with Gasteiger partial charge in [0.2, 0.25) is 0 Å². The maximum absolute atomic E-state index is 2.34. The molecule has 0 heterocycles. The van der Waals surface area contributed by atoms with Gasteiger partial charge in [-0.15, -0.1) is 0 Å². The third kappa shape index (κ3) is 4.22. The van der Waals surface area contributed by atoms with E-state index in [1.807, 2.05) is 0 Å². The van der Waals surface area contributed by atoms with E-state index in [4.69, 9.17) is 0 Å². The zero-order chi connectivity index (χ0) is 30.5. The number of allylic oxidation sites excluding steroid dienone is 4. The lowest BCUT2D eigenvalue weighted by atomic mass is 9.81. The maximum Gasteiger partial charge on any atom is -0.00139 e. The van der Waals surface area contributed by atoms with Crippen molar-refractivity contribution in [3.8, 4) is 33.4 Å². The molecular formula is C46H32. The first-order chi connectivity index (χ1) is 22.9. The lowest BCUT2D eigenvalue weighted by Crippen LogP contribution is -1.95. The number of rotatable bonds is 4. The summed E-state index contributed by atoms with van der Waals surface area (Å²) in [6.07, 6.45) is 8.93. The standard InChI is InChI=1S/C46H32/c1-3-15-31(16-4-1)33-23-11-27-39-35(33)25-13-29-43(39)45-41-21-9-7-19-37(41)38-20-8-10-22-42(38)46(45)44-30-14-26-36-34(24-12-28-40(36)44)32-17-5-2-6-18-32/h1-5,7-17,19-30H,6,18H2. The van der Waals surface area contributed by atoms with Crippen LogP contribution in [-0.4, -0.2) is 0 Å². The largest absolute Gasteiger partial charge is 0.0842 e. The van der Waals surface area contributed by atoms with Gasteiger partial charge in [-0.2, -0.15) is 0 Å². The van der Waals surface area contributed by atoms with Gasteiger partial charge in [0.25, 0.3) is 0 Å². The van der Waals surface area contributed by atoms with Crippen LogP contribution >= 0.6 is 0 Å². The molecule has 0 radical (unpaired) electrons. The minimum atomic E-state index is 1.07. The van der Waals surface area contributed by atoms with E-state index in [2.05, 4.69) is 170 Å². The second-order valence-corrected chi connectivity index (χ2v) is 12.3. The summed E-state index contributed by atoms with van der Waals surface area (Å²) in [5.41, 5.74) is 10.4. The summed E-state index contributed by atoms with van der Waals surface area (Å²) >= 11 is 0. The van der Waals surface area contributed by atoms with Crippen LogP contribution in [0.1, 0.15) is 18.4 Å². The first-order valence-electron chi connectivity index (χ1n) is 16.3. The zero-order valence-corrected chi connectivity index (χ0v) is 25.6. The zero-order valence-electron chi connectivity index (χ0n) is 25.6. The molecule has 0 spiro atoms. The lowest BCUT2D eigenvalue weighted by molar-refractivity contribution is 1.06. The normalized spacial score (nSPS) is 13.1. The van der Waals surface area contributed by atoms with Crippen molar-refractivity contribution >= 4 is 48.7 Å². The topological polar surface area (TPSA) is 0 Å².